The lowest BCUT2D eigenvalue weighted by Crippen LogP contribution is -2.50. The second-order valence-electron chi connectivity index (χ2n) is 9.52. The third-order valence-electron chi connectivity index (χ3n) is 7.27. The van der Waals surface area contributed by atoms with Crippen LogP contribution in [0.25, 0.3) is 0 Å². The maximum absolute atomic E-state index is 13.0. The third kappa shape index (κ3) is 4.89. The first-order valence-electron chi connectivity index (χ1n) is 12.4. The molecule has 2 aromatic heterocycles. The number of methoxy groups -OCH3 is 1. The Morgan fingerprint density at radius 2 is 1.83 bits per heavy atom. The number of fused-ring (bicyclic) bond motifs is 2. The Labute approximate surface area is 211 Å². The van der Waals surface area contributed by atoms with Crippen molar-refractivity contribution in [1.29, 1.82) is 0 Å². The van der Waals surface area contributed by atoms with Crippen molar-refractivity contribution in [3.8, 4) is 5.75 Å². The quantitative estimate of drug-likeness (QED) is 0.530. The van der Waals surface area contributed by atoms with E-state index >= 15 is 0 Å². The topological polar surface area (TPSA) is 96.5 Å². The van der Waals surface area contributed by atoms with Gasteiger partial charge in [0.25, 0.3) is 11.8 Å². The van der Waals surface area contributed by atoms with Gasteiger partial charge in [-0.2, -0.15) is 0 Å². The van der Waals surface area contributed by atoms with Gasteiger partial charge in [0.1, 0.15) is 11.6 Å². The number of nitrogens with one attached hydrogen (secondary N) is 2. The predicted molar refractivity (Wildman–Crippen MR) is 137 cm³/mol. The molecule has 0 spiro atoms. The van der Waals surface area contributed by atoms with Crippen molar-refractivity contribution in [3.63, 3.8) is 0 Å². The summed E-state index contributed by atoms with van der Waals surface area (Å²) < 4.78 is 5.37. The molecule has 2 aliphatic heterocycles. The Morgan fingerprint density at radius 3 is 2.50 bits per heavy atom. The Kier molecular flexibility index (Phi) is 6.84. The molecule has 1 unspecified atom stereocenters. The molecular formula is C28H31N5O3. The summed E-state index contributed by atoms with van der Waals surface area (Å²) in [5.41, 5.74) is 2.99. The summed E-state index contributed by atoms with van der Waals surface area (Å²) >= 11 is 0. The highest BCUT2D eigenvalue weighted by Gasteiger charge is 2.41. The van der Waals surface area contributed by atoms with Crippen LogP contribution in [0, 0.1) is 6.92 Å². The van der Waals surface area contributed by atoms with Gasteiger partial charge in [-0.15, -0.1) is 0 Å². The van der Waals surface area contributed by atoms with Crippen LogP contribution in [0.4, 0.5) is 5.82 Å². The smallest absolute Gasteiger partial charge is 0.253 e. The SMILES string of the molecule is COc1cccc(C(=O)NC2C[C@H]3CC[C@@H](C2)N3c2ccc(C(=O)NCc3cccnc3)cn2)c1C. The minimum absolute atomic E-state index is 0.0518. The molecule has 2 fully saturated rings. The number of nitrogens with zero attached hydrogens (tertiary/aromatic N) is 3. The summed E-state index contributed by atoms with van der Waals surface area (Å²) in [6.45, 7) is 2.33. The van der Waals surface area contributed by atoms with Crippen LogP contribution in [0.3, 0.4) is 0 Å². The largest absolute Gasteiger partial charge is 0.496 e. The van der Waals surface area contributed by atoms with Crippen LogP contribution in [0.15, 0.2) is 61.1 Å². The van der Waals surface area contributed by atoms with Crippen LogP contribution >= 0.6 is 0 Å². The highest BCUT2D eigenvalue weighted by molar-refractivity contribution is 5.96. The molecule has 2 N–H and O–H groups in total. The van der Waals surface area contributed by atoms with Crippen molar-refractivity contribution >= 4 is 17.6 Å². The molecule has 0 saturated carbocycles. The third-order valence-corrected chi connectivity index (χ3v) is 7.27. The number of pyridine rings is 2. The second kappa shape index (κ2) is 10.4. The molecule has 2 bridgehead atoms. The van der Waals surface area contributed by atoms with Gasteiger partial charge in [0.2, 0.25) is 0 Å². The molecule has 0 aliphatic carbocycles. The number of anilines is 1. The first-order valence-corrected chi connectivity index (χ1v) is 12.4. The molecule has 1 aromatic carbocycles. The fraction of sp³-hybridized carbons (Fsp3) is 0.357. The van der Waals surface area contributed by atoms with E-state index in [1.165, 1.54) is 0 Å². The maximum atomic E-state index is 13.0. The molecule has 8 heteroatoms. The molecular weight excluding hydrogens is 454 g/mol. The van der Waals surface area contributed by atoms with E-state index in [2.05, 4.69) is 25.5 Å². The molecule has 2 aliphatic rings. The van der Waals surface area contributed by atoms with Gasteiger partial charge in [0.15, 0.2) is 0 Å². The van der Waals surface area contributed by atoms with E-state index in [1.807, 2.05) is 49.4 Å². The van der Waals surface area contributed by atoms with Gasteiger partial charge in [0, 0.05) is 54.4 Å². The zero-order valence-corrected chi connectivity index (χ0v) is 20.6. The van der Waals surface area contributed by atoms with Gasteiger partial charge >= 0.3 is 0 Å². The number of carbonyl (C=O) groups excluding carboxylic acids is 2. The number of piperidine rings is 1. The summed E-state index contributed by atoms with van der Waals surface area (Å²) in [4.78, 5) is 36.6. The zero-order valence-electron chi connectivity index (χ0n) is 20.6. The lowest BCUT2D eigenvalue weighted by Gasteiger charge is -2.40. The van der Waals surface area contributed by atoms with Gasteiger partial charge in [-0.3, -0.25) is 14.6 Å². The van der Waals surface area contributed by atoms with Crippen molar-refractivity contribution in [1.82, 2.24) is 20.6 Å². The van der Waals surface area contributed by atoms with Crippen LogP contribution in [-0.2, 0) is 6.54 Å². The van der Waals surface area contributed by atoms with Crippen LogP contribution in [-0.4, -0.2) is 47.0 Å². The van der Waals surface area contributed by atoms with Gasteiger partial charge in [-0.05, 0) is 68.5 Å². The average molecular weight is 486 g/mol. The van der Waals surface area contributed by atoms with E-state index in [9.17, 15) is 9.59 Å². The van der Waals surface area contributed by atoms with Crippen molar-refractivity contribution in [2.75, 3.05) is 12.0 Å². The van der Waals surface area contributed by atoms with E-state index in [-0.39, 0.29) is 17.9 Å². The second-order valence-corrected chi connectivity index (χ2v) is 9.52. The predicted octanol–water partition coefficient (Wildman–Crippen LogP) is 3.65. The number of rotatable bonds is 7. The normalized spacial score (nSPS) is 20.6. The fourth-order valence-electron chi connectivity index (χ4n) is 5.47. The highest BCUT2D eigenvalue weighted by Crippen LogP contribution is 2.38. The van der Waals surface area contributed by atoms with Crippen LogP contribution in [0.2, 0.25) is 0 Å². The first-order chi connectivity index (χ1) is 17.5. The number of aromatic nitrogens is 2. The van der Waals surface area contributed by atoms with Gasteiger partial charge in [-0.1, -0.05) is 12.1 Å². The van der Waals surface area contributed by atoms with Crippen LogP contribution < -0.4 is 20.3 Å². The van der Waals surface area contributed by atoms with Gasteiger partial charge in [-0.25, -0.2) is 4.98 Å². The minimum Gasteiger partial charge on any atom is -0.496 e. The average Bonchev–Trinajstić information content (AvgIpc) is 3.18. The van der Waals surface area contributed by atoms with E-state index in [0.29, 0.717) is 29.8 Å². The number of hydrogen-bond donors (Lipinski definition) is 2. The summed E-state index contributed by atoms with van der Waals surface area (Å²) in [7, 11) is 1.62. The van der Waals surface area contributed by atoms with Gasteiger partial charge < -0.3 is 20.3 Å². The number of hydrogen-bond acceptors (Lipinski definition) is 6. The summed E-state index contributed by atoms with van der Waals surface area (Å²) in [6.07, 6.45) is 8.99. The number of carbonyl (C=O) groups is 2. The lowest BCUT2D eigenvalue weighted by atomic mass is 9.96. The Hall–Kier alpha value is -3.94. The number of ether oxygens (including phenoxy) is 1. The fourth-order valence-corrected chi connectivity index (χ4v) is 5.47. The highest BCUT2D eigenvalue weighted by atomic mass is 16.5. The molecule has 5 rings (SSSR count). The van der Waals surface area contributed by atoms with Crippen molar-refractivity contribution in [2.24, 2.45) is 0 Å². The molecule has 3 atom stereocenters. The van der Waals surface area contributed by atoms with Crippen molar-refractivity contribution in [3.05, 3.63) is 83.3 Å². The van der Waals surface area contributed by atoms with E-state index in [1.54, 1.807) is 25.7 Å². The van der Waals surface area contributed by atoms with Crippen molar-refractivity contribution in [2.45, 2.75) is 57.3 Å². The van der Waals surface area contributed by atoms with Crippen LogP contribution in [0.1, 0.15) is 57.5 Å². The maximum Gasteiger partial charge on any atom is 0.253 e. The van der Waals surface area contributed by atoms with E-state index in [4.69, 9.17) is 4.74 Å². The van der Waals surface area contributed by atoms with E-state index < -0.39 is 0 Å². The Balaban J connectivity index is 1.20. The number of amides is 2. The minimum atomic E-state index is -0.157. The molecule has 186 valence electrons. The molecule has 8 nitrogen and oxygen atoms in total. The summed E-state index contributed by atoms with van der Waals surface area (Å²) in [6, 6.07) is 13.9. The van der Waals surface area contributed by atoms with E-state index in [0.717, 1.165) is 48.4 Å². The molecule has 2 amide bonds. The first kappa shape index (κ1) is 23.8. The summed E-state index contributed by atoms with van der Waals surface area (Å²) in [5, 5.41) is 6.16. The van der Waals surface area contributed by atoms with Crippen molar-refractivity contribution < 1.29 is 14.3 Å². The standard InChI is InChI=1S/C28H31N5O3/c1-18-24(6-3-7-25(18)36-2)28(35)32-21-13-22-9-10-23(14-21)33(22)26-11-8-20(17-30-26)27(34)31-16-19-5-4-12-29-15-19/h3-8,11-12,15,17,21-23H,9-10,13-14,16H2,1-2H3,(H,31,34)(H,32,35)/t21?,22-,23+. The zero-order chi connectivity index (χ0) is 25.1. The Morgan fingerprint density at radius 1 is 1.03 bits per heavy atom. The molecule has 36 heavy (non-hydrogen) atoms. The van der Waals surface area contributed by atoms with Gasteiger partial charge in [0.05, 0.1) is 12.7 Å². The number of benzene rings is 1. The lowest BCUT2D eigenvalue weighted by molar-refractivity contribution is 0.0923. The molecule has 3 aromatic rings. The van der Waals surface area contributed by atoms with Crippen LogP contribution in [0.5, 0.6) is 5.75 Å². The molecule has 0 radical (unpaired) electrons. The molecule has 2 saturated heterocycles. The Bertz CT molecular complexity index is 1220. The monoisotopic (exact) mass is 485 g/mol. The molecule has 4 heterocycles. The summed E-state index contributed by atoms with van der Waals surface area (Å²) in [5.74, 6) is 1.40.